The van der Waals surface area contributed by atoms with E-state index >= 15 is 0 Å². The second kappa shape index (κ2) is 6.92. The molecular formula is C23H27FN2O. The Bertz CT molecular complexity index is 790. The van der Waals surface area contributed by atoms with E-state index < -0.39 is 0 Å². The first-order valence-corrected chi connectivity index (χ1v) is 10.2. The summed E-state index contributed by atoms with van der Waals surface area (Å²) in [5.41, 5.74) is 3.92. The van der Waals surface area contributed by atoms with Gasteiger partial charge < -0.3 is 9.64 Å². The fourth-order valence-corrected chi connectivity index (χ4v) is 5.23. The average molecular weight is 366 g/mol. The van der Waals surface area contributed by atoms with Crippen molar-refractivity contribution in [1.82, 2.24) is 4.90 Å². The number of benzene rings is 2. The van der Waals surface area contributed by atoms with Gasteiger partial charge in [-0.15, -0.1) is 0 Å². The van der Waals surface area contributed by atoms with Gasteiger partial charge >= 0.3 is 0 Å². The van der Waals surface area contributed by atoms with Crippen molar-refractivity contribution < 1.29 is 9.13 Å². The highest BCUT2D eigenvalue weighted by atomic mass is 19.1. The number of fused-ring (bicyclic) bond motifs is 2. The Balaban J connectivity index is 1.19. The molecule has 1 saturated heterocycles. The van der Waals surface area contributed by atoms with Crippen LogP contribution in [-0.4, -0.2) is 37.1 Å². The van der Waals surface area contributed by atoms with Crippen molar-refractivity contribution in [2.45, 2.75) is 43.9 Å². The van der Waals surface area contributed by atoms with Crippen molar-refractivity contribution in [1.29, 1.82) is 0 Å². The molecule has 0 N–H and O–H groups in total. The van der Waals surface area contributed by atoms with E-state index in [-0.39, 0.29) is 11.4 Å². The summed E-state index contributed by atoms with van der Waals surface area (Å²) in [4.78, 5) is 5.03. The number of anilines is 1. The van der Waals surface area contributed by atoms with Crippen molar-refractivity contribution >= 4 is 5.69 Å². The molecule has 2 aromatic rings. The molecular weight excluding hydrogens is 339 g/mol. The number of hydrogen-bond acceptors (Lipinski definition) is 3. The highest BCUT2D eigenvalue weighted by molar-refractivity contribution is 5.46. The molecule has 3 aliphatic rings. The summed E-state index contributed by atoms with van der Waals surface area (Å²) >= 11 is 0. The fourth-order valence-electron chi connectivity index (χ4n) is 5.23. The second-order valence-electron chi connectivity index (χ2n) is 8.17. The predicted octanol–water partition coefficient (Wildman–Crippen LogP) is 4.32. The lowest BCUT2D eigenvalue weighted by Crippen LogP contribution is -2.52. The highest BCUT2D eigenvalue weighted by Crippen LogP contribution is 2.47. The fraction of sp³-hybridized carbons (Fsp3) is 0.478. The zero-order chi connectivity index (χ0) is 18.3. The lowest BCUT2D eigenvalue weighted by molar-refractivity contribution is -0.0777. The van der Waals surface area contributed by atoms with E-state index in [0.29, 0.717) is 6.04 Å². The van der Waals surface area contributed by atoms with Gasteiger partial charge in [-0.2, -0.15) is 0 Å². The maximum Gasteiger partial charge on any atom is 0.123 e. The molecule has 0 amide bonds. The molecule has 142 valence electrons. The molecule has 1 spiro atoms. The molecule has 2 aromatic carbocycles. The monoisotopic (exact) mass is 366 g/mol. The van der Waals surface area contributed by atoms with E-state index in [1.807, 2.05) is 12.1 Å². The molecule has 1 saturated carbocycles. The third-order valence-electron chi connectivity index (χ3n) is 6.80. The molecule has 5 rings (SSSR count). The summed E-state index contributed by atoms with van der Waals surface area (Å²) in [6.45, 7) is 5.00. The number of piperazine rings is 1. The normalized spacial score (nSPS) is 28.5. The van der Waals surface area contributed by atoms with Crippen molar-refractivity contribution in [3.8, 4) is 0 Å². The maximum atomic E-state index is 13.1. The maximum absolute atomic E-state index is 13.1. The van der Waals surface area contributed by atoms with Crippen LogP contribution in [0, 0.1) is 5.82 Å². The molecule has 0 atom stereocenters. The Morgan fingerprint density at radius 3 is 2.33 bits per heavy atom. The van der Waals surface area contributed by atoms with Crippen LogP contribution in [-0.2, 0) is 16.9 Å². The third kappa shape index (κ3) is 3.15. The van der Waals surface area contributed by atoms with Crippen LogP contribution in [0.25, 0.3) is 0 Å². The molecule has 2 heterocycles. The topological polar surface area (TPSA) is 15.7 Å². The van der Waals surface area contributed by atoms with Gasteiger partial charge in [0.1, 0.15) is 5.82 Å². The van der Waals surface area contributed by atoms with Crippen LogP contribution < -0.4 is 4.90 Å². The number of nitrogens with zero attached hydrogens (tertiary/aromatic N) is 2. The van der Waals surface area contributed by atoms with Gasteiger partial charge in [-0.1, -0.05) is 24.3 Å². The minimum atomic E-state index is -0.163. The van der Waals surface area contributed by atoms with Gasteiger partial charge in [0, 0.05) is 37.9 Å². The average Bonchev–Trinajstić information content (AvgIpc) is 3.08. The van der Waals surface area contributed by atoms with Gasteiger partial charge in [0.2, 0.25) is 0 Å². The molecule has 4 heteroatoms. The van der Waals surface area contributed by atoms with E-state index in [0.717, 1.165) is 51.3 Å². The largest absolute Gasteiger partial charge is 0.369 e. The number of rotatable bonds is 2. The predicted molar refractivity (Wildman–Crippen MR) is 105 cm³/mol. The zero-order valence-electron chi connectivity index (χ0n) is 15.7. The van der Waals surface area contributed by atoms with Gasteiger partial charge in [-0.25, -0.2) is 4.39 Å². The van der Waals surface area contributed by atoms with E-state index in [2.05, 4.69) is 34.1 Å². The number of ether oxygens (including phenoxy) is 1. The summed E-state index contributed by atoms with van der Waals surface area (Å²) in [6, 6.07) is 16.3. The van der Waals surface area contributed by atoms with Crippen LogP contribution in [0.5, 0.6) is 0 Å². The lowest BCUT2D eigenvalue weighted by Gasteiger charge is -2.45. The SMILES string of the molecule is Fc1ccc(N2CCN(C3CCC4(CC3)OCc3ccccc34)CC2)cc1. The lowest BCUT2D eigenvalue weighted by atomic mass is 9.77. The number of hydrogen-bond donors (Lipinski definition) is 0. The molecule has 3 nitrogen and oxygen atoms in total. The summed E-state index contributed by atoms with van der Waals surface area (Å²) in [6.07, 6.45) is 4.69. The quantitative estimate of drug-likeness (QED) is 0.787. The Morgan fingerprint density at radius 1 is 0.889 bits per heavy atom. The van der Waals surface area contributed by atoms with Gasteiger partial charge in [0.15, 0.2) is 0 Å². The minimum Gasteiger partial charge on any atom is -0.369 e. The molecule has 0 unspecified atom stereocenters. The third-order valence-corrected chi connectivity index (χ3v) is 6.80. The Morgan fingerprint density at radius 2 is 1.59 bits per heavy atom. The molecule has 2 aliphatic heterocycles. The summed E-state index contributed by atoms with van der Waals surface area (Å²) in [7, 11) is 0. The first kappa shape index (κ1) is 17.2. The first-order chi connectivity index (χ1) is 13.2. The molecule has 0 radical (unpaired) electrons. The van der Waals surface area contributed by atoms with Crippen LogP contribution in [0.4, 0.5) is 10.1 Å². The van der Waals surface area contributed by atoms with Crippen LogP contribution in [0.15, 0.2) is 48.5 Å². The number of halogens is 1. The Labute approximate surface area is 160 Å². The first-order valence-electron chi connectivity index (χ1n) is 10.2. The van der Waals surface area contributed by atoms with Crippen LogP contribution in [0.1, 0.15) is 36.8 Å². The van der Waals surface area contributed by atoms with E-state index in [4.69, 9.17) is 4.74 Å². The zero-order valence-corrected chi connectivity index (χ0v) is 15.7. The van der Waals surface area contributed by atoms with Gasteiger partial charge in [-0.05, 0) is 61.1 Å². The van der Waals surface area contributed by atoms with Crippen LogP contribution >= 0.6 is 0 Å². The van der Waals surface area contributed by atoms with Gasteiger partial charge in [0.25, 0.3) is 0 Å². The Hall–Kier alpha value is -1.91. The van der Waals surface area contributed by atoms with Crippen molar-refractivity contribution in [2.75, 3.05) is 31.1 Å². The van der Waals surface area contributed by atoms with E-state index in [1.54, 1.807) is 12.1 Å². The molecule has 27 heavy (non-hydrogen) atoms. The van der Waals surface area contributed by atoms with Crippen molar-refractivity contribution in [3.63, 3.8) is 0 Å². The molecule has 2 fully saturated rings. The summed E-state index contributed by atoms with van der Waals surface area (Å²) in [5, 5.41) is 0. The van der Waals surface area contributed by atoms with Crippen molar-refractivity contribution in [3.05, 3.63) is 65.5 Å². The molecule has 1 aliphatic carbocycles. The van der Waals surface area contributed by atoms with Crippen LogP contribution in [0.2, 0.25) is 0 Å². The summed E-state index contributed by atoms with van der Waals surface area (Å²) in [5.74, 6) is -0.163. The van der Waals surface area contributed by atoms with E-state index in [9.17, 15) is 4.39 Å². The van der Waals surface area contributed by atoms with Gasteiger partial charge in [0.05, 0.1) is 12.2 Å². The summed E-state index contributed by atoms with van der Waals surface area (Å²) < 4.78 is 19.5. The van der Waals surface area contributed by atoms with Crippen LogP contribution in [0.3, 0.4) is 0 Å². The standard InChI is InChI=1S/C23H27FN2O/c24-19-5-7-20(8-6-19)25-13-15-26(16-14-25)21-9-11-23(12-10-21)22-4-2-1-3-18(22)17-27-23/h1-8,21H,9-17H2. The van der Waals surface area contributed by atoms with Gasteiger partial charge in [-0.3, -0.25) is 4.90 Å². The second-order valence-corrected chi connectivity index (χ2v) is 8.17. The van der Waals surface area contributed by atoms with Crippen molar-refractivity contribution in [2.24, 2.45) is 0 Å². The Kier molecular flexibility index (Phi) is 4.41. The minimum absolute atomic E-state index is 0.0248. The smallest absolute Gasteiger partial charge is 0.123 e. The molecule has 0 aromatic heterocycles. The molecule has 0 bridgehead atoms. The van der Waals surface area contributed by atoms with E-state index in [1.165, 1.54) is 24.0 Å². The highest BCUT2D eigenvalue weighted by Gasteiger charge is 2.43.